The van der Waals surface area contributed by atoms with Crippen LogP contribution in [0.3, 0.4) is 0 Å². The Labute approximate surface area is 184 Å². The second-order valence-corrected chi connectivity index (χ2v) is 10.7. The van der Waals surface area contributed by atoms with Crippen molar-refractivity contribution in [3.63, 3.8) is 0 Å². The summed E-state index contributed by atoms with van der Waals surface area (Å²) >= 11 is 0. The van der Waals surface area contributed by atoms with E-state index < -0.39 is 6.10 Å². The van der Waals surface area contributed by atoms with Gasteiger partial charge >= 0.3 is 0 Å². The first-order valence-corrected chi connectivity index (χ1v) is 12.0. The minimum atomic E-state index is -0.458. The summed E-state index contributed by atoms with van der Waals surface area (Å²) in [6, 6.07) is 0.428. The Balaban J connectivity index is 1.85. The smallest absolute Gasteiger partial charge is 0.0626 e. The standard InChI is InChI=1S/C28H44O/c1-19(2)20(3)9-10-22(5)26-15-16-27-23(8-7-17-28(26,27)6)12-13-24-18-25(29)14-11-21(24)4/h9-10,12-13,19-20,22,25-27,29H,4,7-8,11,14-18H2,1-3,5-6H3/b10-9+,23-12+,24-13-/t20-,22+,25-,26?,27?,28+/m0/s1/i4D2,13D. The first-order chi connectivity index (χ1) is 15.0. The Morgan fingerprint density at radius 2 is 1.97 bits per heavy atom. The average Bonchev–Trinajstić information content (AvgIpc) is 3.09. The van der Waals surface area contributed by atoms with Crippen LogP contribution >= 0.6 is 0 Å². The molecule has 1 nitrogen and oxygen atoms in total. The summed E-state index contributed by atoms with van der Waals surface area (Å²) in [5, 5.41) is 10.2. The van der Waals surface area contributed by atoms with Gasteiger partial charge in [-0.2, -0.15) is 0 Å². The Morgan fingerprint density at radius 1 is 1.17 bits per heavy atom. The molecule has 0 bridgehead atoms. The number of rotatable bonds is 5. The van der Waals surface area contributed by atoms with Crippen LogP contribution in [0.2, 0.25) is 0 Å². The highest BCUT2D eigenvalue weighted by Gasteiger charge is 2.50. The molecule has 0 aromatic heterocycles. The van der Waals surface area contributed by atoms with Crippen molar-refractivity contribution in [1.29, 1.82) is 0 Å². The van der Waals surface area contributed by atoms with Crippen LogP contribution < -0.4 is 0 Å². The highest BCUT2D eigenvalue weighted by Crippen LogP contribution is 2.59. The fraction of sp³-hybridized carbons (Fsp3) is 0.714. The summed E-state index contributed by atoms with van der Waals surface area (Å²) < 4.78 is 24.4. The van der Waals surface area contributed by atoms with E-state index in [4.69, 9.17) is 4.11 Å². The van der Waals surface area contributed by atoms with E-state index in [1.807, 2.05) is 0 Å². The lowest BCUT2D eigenvalue weighted by atomic mass is 9.61. The molecule has 0 radical (unpaired) electrons. The number of aliphatic hydroxyl groups is 1. The Kier molecular flexibility index (Phi) is 6.04. The van der Waals surface area contributed by atoms with Gasteiger partial charge in [-0.25, -0.2) is 0 Å². The Morgan fingerprint density at radius 3 is 2.69 bits per heavy atom. The van der Waals surface area contributed by atoms with Crippen molar-refractivity contribution in [1.82, 2.24) is 0 Å². The summed E-state index contributed by atoms with van der Waals surface area (Å²) in [4.78, 5) is 0. The van der Waals surface area contributed by atoms with E-state index in [-0.39, 0.29) is 11.9 Å². The molecule has 0 heterocycles. The average molecular weight is 400 g/mol. The van der Waals surface area contributed by atoms with E-state index in [0.29, 0.717) is 60.5 Å². The second kappa shape index (κ2) is 9.38. The van der Waals surface area contributed by atoms with Gasteiger partial charge in [-0.3, -0.25) is 0 Å². The molecule has 1 N–H and O–H groups in total. The van der Waals surface area contributed by atoms with Gasteiger partial charge in [-0.15, -0.1) is 0 Å². The van der Waals surface area contributed by atoms with Gasteiger partial charge in [0.05, 0.1) is 10.2 Å². The van der Waals surface area contributed by atoms with Gasteiger partial charge in [-0.1, -0.05) is 76.6 Å². The van der Waals surface area contributed by atoms with Crippen LogP contribution in [0, 0.1) is 35.0 Å². The summed E-state index contributed by atoms with van der Waals surface area (Å²) in [7, 11) is 0. The largest absolute Gasteiger partial charge is 0.393 e. The molecule has 0 saturated heterocycles. The predicted molar refractivity (Wildman–Crippen MR) is 126 cm³/mol. The van der Waals surface area contributed by atoms with Crippen LogP contribution in [0.1, 0.15) is 90.1 Å². The van der Waals surface area contributed by atoms with Crippen LogP contribution in [-0.4, -0.2) is 11.2 Å². The highest BCUT2D eigenvalue weighted by atomic mass is 16.3. The van der Waals surface area contributed by atoms with Crippen LogP contribution in [0.4, 0.5) is 0 Å². The molecule has 0 aliphatic heterocycles. The normalized spacial score (nSPS) is 39.8. The molecule has 3 saturated carbocycles. The monoisotopic (exact) mass is 399 g/mol. The van der Waals surface area contributed by atoms with Gasteiger partial charge in [0.2, 0.25) is 0 Å². The van der Waals surface area contributed by atoms with E-state index in [2.05, 4.69) is 52.8 Å². The number of hydrogen-bond acceptors (Lipinski definition) is 1. The fourth-order valence-electron chi connectivity index (χ4n) is 6.07. The molecular formula is C28H44O. The first-order valence-electron chi connectivity index (χ1n) is 13.5. The Hall–Kier alpha value is -1.08. The maximum Gasteiger partial charge on any atom is 0.0626 e. The lowest BCUT2D eigenvalue weighted by Crippen LogP contribution is -2.35. The zero-order valence-electron chi connectivity index (χ0n) is 22.3. The molecule has 3 aliphatic carbocycles. The zero-order valence-corrected chi connectivity index (χ0v) is 19.3. The number of fused-ring (bicyclic) bond motifs is 1. The molecular weight excluding hydrogens is 352 g/mol. The predicted octanol–water partition coefficient (Wildman–Crippen LogP) is 7.64. The highest BCUT2D eigenvalue weighted by molar-refractivity contribution is 5.36. The number of allylic oxidation sites excluding steroid dienone is 6. The van der Waals surface area contributed by atoms with Crippen molar-refractivity contribution in [2.75, 3.05) is 0 Å². The van der Waals surface area contributed by atoms with E-state index in [9.17, 15) is 5.11 Å². The fourth-order valence-corrected chi connectivity index (χ4v) is 6.07. The third kappa shape index (κ3) is 4.98. The molecule has 2 unspecified atom stereocenters. The second-order valence-electron chi connectivity index (χ2n) is 10.7. The van der Waals surface area contributed by atoms with E-state index >= 15 is 0 Å². The lowest BCUT2D eigenvalue weighted by Gasteiger charge is -2.44. The minimum Gasteiger partial charge on any atom is -0.393 e. The summed E-state index contributed by atoms with van der Waals surface area (Å²) in [5.74, 6) is 3.04. The quantitative estimate of drug-likeness (QED) is 0.471. The van der Waals surface area contributed by atoms with E-state index in [1.54, 1.807) is 0 Å². The molecule has 0 spiro atoms. The summed E-state index contributed by atoms with van der Waals surface area (Å²) in [5.41, 5.74) is 3.04. The van der Waals surface area contributed by atoms with Crippen LogP contribution in [-0.2, 0) is 0 Å². The van der Waals surface area contributed by atoms with Gasteiger partial charge in [0.25, 0.3) is 0 Å². The summed E-state index contributed by atoms with van der Waals surface area (Å²) in [6.45, 7) is 11.6. The maximum absolute atomic E-state index is 10.2. The Bertz CT molecular complexity index is 801. The van der Waals surface area contributed by atoms with E-state index in [0.717, 1.165) is 12.0 Å². The van der Waals surface area contributed by atoms with Gasteiger partial charge in [0.15, 0.2) is 0 Å². The molecule has 0 amide bonds. The molecule has 3 rings (SSSR count). The number of aliphatic hydroxyl groups excluding tert-OH is 1. The van der Waals surface area contributed by atoms with Gasteiger partial charge in [0.1, 0.15) is 0 Å². The number of hydrogen-bond donors (Lipinski definition) is 1. The molecule has 6 atom stereocenters. The molecule has 3 aliphatic rings. The maximum atomic E-state index is 10.2. The zero-order chi connectivity index (χ0) is 23.6. The third-order valence-electron chi connectivity index (χ3n) is 8.41. The van der Waals surface area contributed by atoms with Gasteiger partial charge < -0.3 is 5.11 Å². The lowest BCUT2D eigenvalue weighted by molar-refractivity contribution is 0.112. The van der Waals surface area contributed by atoms with Crippen LogP contribution in [0.5, 0.6) is 0 Å². The van der Waals surface area contributed by atoms with Crippen molar-refractivity contribution < 1.29 is 9.22 Å². The van der Waals surface area contributed by atoms with Gasteiger partial charge in [-0.05, 0) is 91.9 Å². The van der Waals surface area contributed by atoms with Crippen molar-refractivity contribution in [3.8, 4) is 0 Å². The van der Waals surface area contributed by atoms with Crippen molar-refractivity contribution in [3.05, 3.63) is 47.5 Å². The van der Waals surface area contributed by atoms with Gasteiger partial charge in [0, 0.05) is 0 Å². The van der Waals surface area contributed by atoms with Crippen molar-refractivity contribution in [2.24, 2.45) is 35.0 Å². The summed E-state index contributed by atoms with van der Waals surface area (Å²) in [6.07, 6.45) is 13.9. The molecule has 0 aromatic rings. The SMILES string of the molecule is [2H]C([2H])=C1CC[C@H](O)C/C1=C([2H])/C=C1\CCC[C@@]2(C)C1CCC2[C@H](C)/C=C/[C@H](C)C(C)C. The molecule has 3 fully saturated rings. The van der Waals surface area contributed by atoms with Crippen LogP contribution in [0.15, 0.2) is 47.5 Å². The third-order valence-corrected chi connectivity index (χ3v) is 8.41. The molecule has 1 heteroatoms. The minimum absolute atomic E-state index is 0.194. The molecule has 0 aromatic carbocycles. The molecule has 162 valence electrons. The van der Waals surface area contributed by atoms with E-state index in [1.165, 1.54) is 31.3 Å². The van der Waals surface area contributed by atoms with Crippen molar-refractivity contribution in [2.45, 2.75) is 92.1 Å². The van der Waals surface area contributed by atoms with Crippen molar-refractivity contribution >= 4 is 0 Å². The first kappa shape index (κ1) is 18.7. The van der Waals surface area contributed by atoms with Crippen LogP contribution in [0.25, 0.3) is 0 Å². The molecule has 29 heavy (non-hydrogen) atoms. The topological polar surface area (TPSA) is 20.2 Å².